The van der Waals surface area contributed by atoms with Gasteiger partial charge in [-0.2, -0.15) is 0 Å². The Bertz CT molecular complexity index is 629. The summed E-state index contributed by atoms with van der Waals surface area (Å²) in [5, 5.41) is 14.1. The molecule has 0 heterocycles. The van der Waals surface area contributed by atoms with Crippen molar-refractivity contribution in [1.82, 2.24) is 0 Å². The lowest BCUT2D eigenvalue weighted by molar-refractivity contribution is 0.117. The number of rotatable bonds is 7. The maximum Gasteiger partial charge on any atom is 0.121 e. The summed E-state index contributed by atoms with van der Waals surface area (Å²) in [6.07, 6.45) is -0.630. The molecule has 0 radical (unpaired) electrons. The van der Waals surface area contributed by atoms with E-state index in [0.29, 0.717) is 28.3 Å². The Balaban J connectivity index is 1.78. The van der Waals surface area contributed by atoms with E-state index < -0.39 is 6.10 Å². The molecule has 1 atom stereocenters. The molecule has 0 aliphatic carbocycles. The average molecular weight is 354 g/mol. The second kappa shape index (κ2) is 8.44. The van der Waals surface area contributed by atoms with Crippen LogP contribution < -0.4 is 10.1 Å². The van der Waals surface area contributed by atoms with E-state index in [1.807, 2.05) is 12.1 Å². The number of aliphatic hydroxyl groups is 1. The number of hydrogen-bond donors (Lipinski definition) is 2. The number of nitrogens with one attached hydrogen (secondary N) is 1. The van der Waals surface area contributed by atoms with E-state index in [9.17, 15) is 5.11 Å². The minimum Gasteiger partial charge on any atom is -0.491 e. The highest BCUT2D eigenvalue weighted by molar-refractivity contribution is 6.42. The van der Waals surface area contributed by atoms with Crippen LogP contribution in [-0.2, 0) is 0 Å². The Morgan fingerprint density at radius 3 is 2.35 bits per heavy atom. The van der Waals surface area contributed by atoms with Gasteiger partial charge in [-0.05, 0) is 35.7 Å². The number of aliphatic hydroxyl groups excluding tert-OH is 1. The maximum atomic E-state index is 9.99. The predicted molar refractivity (Wildman–Crippen MR) is 97.0 cm³/mol. The molecule has 0 amide bonds. The van der Waals surface area contributed by atoms with Crippen molar-refractivity contribution in [3.63, 3.8) is 0 Å². The minimum atomic E-state index is -0.630. The summed E-state index contributed by atoms with van der Waals surface area (Å²) in [7, 11) is 0. The van der Waals surface area contributed by atoms with Crippen molar-refractivity contribution in [3.8, 4) is 5.75 Å². The Kier molecular flexibility index (Phi) is 6.58. The lowest BCUT2D eigenvalue weighted by Gasteiger charge is -2.15. The monoisotopic (exact) mass is 353 g/mol. The second-order valence-corrected chi connectivity index (χ2v) is 6.51. The molecule has 2 rings (SSSR count). The SMILES string of the molecule is CC(C)c1ccc(NC[C@@H](O)COc2ccc(Cl)c(Cl)c2)cc1. The number of halogens is 2. The molecule has 0 aromatic heterocycles. The first-order valence-corrected chi connectivity index (χ1v) is 8.31. The largest absolute Gasteiger partial charge is 0.491 e. The number of anilines is 1. The zero-order valence-corrected chi connectivity index (χ0v) is 14.7. The Hall–Kier alpha value is -1.42. The summed E-state index contributed by atoms with van der Waals surface area (Å²) in [5.41, 5.74) is 2.27. The Labute approximate surface area is 147 Å². The molecular weight excluding hydrogens is 333 g/mol. The van der Waals surface area contributed by atoms with Gasteiger partial charge in [0.2, 0.25) is 0 Å². The smallest absolute Gasteiger partial charge is 0.121 e. The molecule has 5 heteroatoms. The molecule has 2 N–H and O–H groups in total. The van der Waals surface area contributed by atoms with Crippen LogP contribution in [0.4, 0.5) is 5.69 Å². The lowest BCUT2D eigenvalue weighted by Crippen LogP contribution is -2.26. The summed E-state index contributed by atoms with van der Waals surface area (Å²) < 4.78 is 5.51. The molecule has 0 bridgehead atoms. The molecule has 0 saturated heterocycles. The predicted octanol–water partition coefficient (Wildman–Crippen LogP) is 4.97. The summed E-state index contributed by atoms with van der Waals surface area (Å²) in [5.74, 6) is 1.09. The van der Waals surface area contributed by atoms with Gasteiger partial charge in [0.15, 0.2) is 0 Å². The van der Waals surface area contributed by atoms with Crippen molar-refractivity contribution in [2.75, 3.05) is 18.5 Å². The fourth-order valence-electron chi connectivity index (χ4n) is 2.04. The zero-order chi connectivity index (χ0) is 16.8. The van der Waals surface area contributed by atoms with E-state index in [2.05, 4.69) is 31.3 Å². The highest BCUT2D eigenvalue weighted by atomic mass is 35.5. The number of benzene rings is 2. The van der Waals surface area contributed by atoms with Gasteiger partial charge in [0.1, 0.15) is 18.5 Å². The van der Waals surface area contributed by atoms with Gasteiger partial charge in [0.25, 0.3) is 0 Å². The van der Waals surface area contributed by atoms with Gasteiger partial charge in [0, 0.05) is 18.3 Å². The van der Waals surface area contributed by atoms with E-state index in [1.165, 1.54) is 5.56 Å². The normalized spacial score (nSPS) is 12.3. The average Bonchev–Trinajstić information content (AvgIpc) is 2.54. The third kappa shape index (κ3) is 5.61. The van der Waals surface area contributed by atoms with E-state index in [0.717, 1.165) is 5.69 Å². The quantitative estimate of drug-likeness (QED) is 0.738. The van der Waals surface area contributed by atoms with E-state index in [1.54, 1.807) is 18.2 Å². The van der Waals surface area contributed by atoms with Gasteiger partial charge >= 0.3 is 0 Å². The van der Waals surface area contributed by atoms with Crippen molar-refractivity contribution in [2.24, 2.45) is 0 Å². The highest BCUT2D eigenvalue weighted by Crippen LogP contribution is 2.26. The first kappa shape index (κ1) is 17.9. The van der Waals surface area contributed by atoms with Crippen LogP contribution in [0.3, 0.4) is 0 Å². The molecule has 3 nitrogen and oxygen atoms in total. The molecule has 0 aliphatic heterocycles. The number of ether oxygens (including phenoxy) is 1. The van der Waals surface area contributed by atoms with Crippen LogP contribution in [0.15, 0.2) is 42.5 Å². The van der Waals surface area contributed by atoms with Crippen LogP contribution in [0.2, 0.25) is 10.0 Å². The molecule has 0 unspecified atom stereocenters. The van der Waals surface area contributed by atoms with Gasteiger partial charge in [-0.15, -0.1) is 0 Å². The molecule has 2 aromatic rings. The first-order valence-electron chi connectivity index (χ1n) is 7.55. The fraction of sp³-hybridized carbons (Fsp3) is 0.333. The third-order valence-corrected chi connectivity index (χ3v) is 4.19. The molecule has 23 heavy (non-hydrogen) atoms. The van der Waals surface area contributed by atoms with E-state index in [4.69, 9.17) is 27.9 Å². The molecular formula is C18H21Cl2NO2. The van der Waals surface area contributed by atoms with Crippen LogP contribution in [0.1, 0.15) is 25.3 Å². The van der Waals surface area contributed by atoms with Gasteiger partial charge in [0.05, 0.1) is 10.0 Å². The minimum absolute atomic E-state index is 0.176. The zero-order valence-electron chi connectivity index (χ0n) is 13.2. The van der Waals surface area contributed by atoms with E-state index >= 15 is 0 Å². The second-order valence-electron chi connectivity index (χ2n) is 5.70. The standard InChI is InChI=1S/C18H21Cl2NO2/c1-12(2)13-3-5-14(6-4-13)21-10-15(22)11-23-16-7-8-17(19)18(20)9-16/h3-9,12,15,21-22H,10-11H2,1-2H3/t15-/m1/s1. The molecule has 124 valence electrons. The van der Waals surface area contributed by atoms with Crippen molar-refractivity contribution in [2.45, 2.75) is 25.9 Å². The molecule has 0 fully saturated rings. The van der Waals surface area contributed by atoms with Crippen LogP contribution >= 0.6 is 23.2 Å². The van der Waals surface area contributed by atoms with Crippen LogP contribution in [0.25, 0.3) is 0 Å². The summed E-state index contributed by atoms with van der Waals surface area (Å²) >= 11 is 11.8. The first-order chi connectivity index (χ1) is 11.0. The van der Waals surface area contributed by atoms with E-state index in [-0.39, 0.29) is 6.61 Å². The van der Waals surface area contributed by atoms with Crippen molar-refractivity contribution < 1.29 is 9.84 Å². The Morgan fingerprint density at radius 1 is 1.04 bits per heavy atom. The van der Waals surface area contributed by atoms with Crippen LogP contribution in [0.5, 0.6) is 5.75 Å². The summed E-state index contributed by atoms with van der Waals surface area (Å²) in [6.45, 7) is 4.90. The molecule has 0 spiro atoms. The summed E-state index contributed by atoms with van der Waals surface area (Å²) in [4.78, 5) is 0. The topological polar surface area (TPSA) is 41.5 Å². The third-order valence-electron chi connectivity index (χ3n) is 3.45. The molecule has 0 saturated carbocycles. The van der Waals surface area contributed by atoms with Gasteiger partial charge in [-0.3, -0.25) is 0 Å². The summed E-state index contributed by atoms with van der Waals surface area (Å²) in [6, 6.07) is 13.2. The Morgan fingerprint density at radius 2 is 1.74 bits per heavy atom. The van der Waals surface area contributed by atoms with Crippen molar-refractivity contribution in [1.29, 1.82) is 0 Å². The van der Waals surface area contributed by atoms with Crippen molar-refractivity contribution in [3.05, 3.63) is 58.1 Å². The van der Waals surface area contributed by atoms with Crippen molar-refractivity contribution >= 4 is 28.9 Å². The lowest BCUT2D eigenvalue weighted by atomic mass is 10.0. The van der Waals surface area contributed by atoms with Gasteiger partial charge in [-0.1, -0.05) is 49.2 Å². The maximum absolute atomic E-state index is 9.99. The highest BCUT2D eigenvalue weighted by Gasteiger charge is 2.07. The molecule has 2 aromatic carbocycles. The van der Waals surface area contributed by atoms with Gasteiger partial charge < -0.3 is 15.2 Å². The van der Waals surface area contributed by atoms with Gasteiger partial charge in [-0.25, -0.2) is 0 Å². The van der Waals surface area contributed by atoms with Crippen LogP contribution in [0, 0.1) is 0 Å². The fourth-order valence-corrected chi connectivity index (χ4v) is 2.33. The molecule has 0 aliphatic rings. The van der Waals surface area contributed by atoms with Crippen LogP contribution in [-0.4, -0.2) is 24.4 Å². The number of hydrogen-bond acceptors (Lipinski definition) is 3.